The summed E-state index contributed by atoms with van der Waals surface area (Å²) in [4.78, 5) is 0. The third kappa shape index (κ3) is 4.81. The molecule has 0 saturated heterocycles. The number of nitrogens with two attached hydrogens (primary N) is 2. The molecule has 2 heteroatoms. The Labute approximate surface area is 107 Å². The second-order valence-electron chi connectivity index (χ2n) is 6.47. The Balaban J connectivity index is 2.88. The van der Waals surface area contributed by atoms with Crippen LogP contribution in [0.3, 0.4) is 0 Å². The Bertz CT molecular complexity index is 254. The fourth-order valence-corrected chi connectivity index (χ4v) is 2.84. The fourth-order valence-electron chi connectivity index (χ4n) is 2.84. The summed E-state index contributed by atoms with van der Waals surface area (Å²) in [5.74, 6) is 1.42. The third-order valence-corrected chi connectivity index (χ3v) is 3.54. The molecular weight excluding hydrogens is 208 g/mol. The molecular formula is C15H30N2. The van der Waals surface area contributed by atoms with Crippen molar-refractivity contribution >= 4 is 0 Å². The van der Waals surface area contributed by atoms with E-state index in [0.717, 1.165) is 19.3 Å². The summed E-state index contributed by atoms with van der Waals surface area (Å²) in [7, 11) is 0. The van der Waals surface area contributed by atoms with Crippen molar-refractivity contribution in [2.24, 2.45) is 23.3 Å². The smallest absolute Gasteiger partial charge is 0.0257 e. The van der Waals surface area contributed by atoms with Crippen molar-refractivity contribution in [3.63, 3.8) is 0 Å². The second-order valence-corrected chi connectivity index (χ2v) is 6.47. The normalized spacial score (nSPS) is 25.8. The Morgan fingerprint density at radius 2 is 1.59 bits per heavy atom. The quantitative estimate of drug-likeness (QED) is 0.739. The summed E-state index contributed by atoms with van der Waals surface area (Å²) in [5, 5.41) is 0. The van der Waals surface area contributed by atoms with Gasteiger partial charge in [-0.05, 0) is 43.9 Å². The maximum absolute atomic E-state index is 6.28. The zero-order chi connectivity index (χ0) is 13.0. The van der Waals surface area contributed by atoms with Crippen LogP contribution in [0.15, 0.2) is 11.1 Å². The summed E-state index contributed by atoms with van der Waals surface area (Å²) < 4.78 is 0. The van der Waals surface area contributed by atoms with Gasteiger partial charge in [0.25, 0.3) is 0 Å². The van der Waals surface area contributed by atoms with Crippen LogP contribution >= 0.6 is 0 Å². The molecule has 0 bridgehead atoms. The van der Waals surface area contributed by atoms with Crippen LogP contribution in [-0.2, 0) is 0 Å². The van der Waals surface area contributed by atoms with Gasteiger partial charge in [0.05, 0.1) is 0 Å². The molecule has 1 fully saturated rings. The largest absolute Gasteiger partial charge is 0.327 e. The van der Waals surface area contributed by atoms with Gasteiger partial charge in [-0.1, -0.05) is 38.8 Å². The first kappa shape index (κ1) is 14.7. The van der Waals surface area contributed by atoms with Crippen LogP contribution in [0.4, 0.5) is 0 Å². The minimum Gasteiger partial charge on any atom is -0.327 e. The Morgan fingerprint density at radius 3 is 2.06 bits per heavy atom. The van der Waals surface area contributed by atoms with Crippen molar-refractivity contribution < 1.29 is 0 Å². The van der Waals surface area contributed by atoms with Gasteiger partial charge in [-0.3, -0.25) is 0 Å². The predicted molar refractivity (Wildman–Crippen MR) is 75.7 cm³/mol. The lowest BCUT2D eigenvalue weighted by molar-refractivity contribution is 0.457. The molecule has 0 aliphatic heterocycles. The lowest BCUT2D eigenvalue weighted by atomic mass is 9.80. The fraction of sp³-hybridized carbons (Fsp3) is 0.867. The van der Waals surface area contributed by atoms with Crippen molar-refractivity contribution in [3.8, 4) is 0 Å². The van der Waals surface area contributed by atoms with Gasteiger partial charge in [0.15, 0.2) is 0 Å². The molecule has 100 valence electrons. The number of rotatable bonds is 4. The lowest BCUT2D eigenvalue weighted by Gasteiger charge is -2.30. The molecule has 1 saturated carbocycles. The van der Waals surface area contributed by atoms with Crippen molar-refractivity contribution in [1.29, 1.82) is 0 Å². The first-order chi connectivity index (χ1) is 7.90. The first-order valence-electron chi connectivity index (χ1n) is 7.12. The Morgan fingerprint density at radius 1 is 1.06 bits per heavy atom. The van der Waals surface area contributed by atoms with Crippen molar-refractivity contribution in [1.82, 2.24) is 0 Å². The van der Waals surface area contributed by atoms with Gasteiger partial charge in [-0.25, -0.2) is 0 Å². The zero-order valence-electron chi connectivity index (χ0n) is 12.0. The van der Waals surface area contributed by atoms with E-state index >= 15 is 0 Å². The van der Waals surface area contributed by atoms with Crippen molar-refractivity contribution in [2.45, 2.75) is 71.9 Å². The van der Waals surface area contributed by atoms with E-state index in [9.17, 15) is 0 Å². The molecule has 0 aromatic heterocycles. The molecule has 0 heterocycles. The number of hydrogen-bond donors (Lipinski definition) is 2. The number of hydrogen-bond acceptors (Lipinski definition) is 2. The summed E-state index contributed by atoms with van der Waals surface area (Å²) in [6, 6.07) is 0.599. The minimum absolute atomic E-state index is 0.266. The maximum Gasteiger partial charge on any atom is 0.0257 e. The van der Waals surface area contributed by atoms with E-state index in [0.29, 0.717) is 17.9 Å². The van der Waals surface area contributed by atoms with E-state index in [1.165, 1.54) is 18.4 Å². The summed E-state index contributed by atoms with van der Waals surface area (Å²) in [5.41, 5.74) is 15.5. The molecule has 1 aliphatic carbocycles. The van der Waals surface area contributed by atoms with Crippen LogP contribution in [0.5, 0.6) is 0 Å². The highest BCUT2D eigenvalue weighted by molar-refractivity contribution is 5.23. The second kappa shape index (κ2) is 6.55. The molecule has 4 N–H and O–H groups in total. The van der Waals surface area contributed by atoms with Gasteiger partial charge in [0, 0.05) is 12.1 Å². The molecule has 0 aromatic carbocycles. The SMILES string of the molecule is CC(C)CC(CC(C)C)=C1CC(N)CCC1N. The molecule has 0 aromatic rings. The summed E-state index contributed by atoms with van der Waals surface area (Å²) >= 11 is 0. The van der Waals surface area contributed by atoms with Crippen molar-refractivity contribution in [2.75, 3.05) is 0 Å². The molecule has 1 aliphatic rings. The zero-order valence-corrected chi connectivity index (χ0v) is 12.0. The van der Waals surface area contributed by atoms with E-state index in [1.54, 1.807) is 5.57 Å². The molecule has 0 amide bonds. The highest BCUT2D eigenvalue weighted by Gasteiger charge is 2.23. The van der Waals surface area contributed by atoms with Gasteiger partial charge < -0.3 is 11.5 Å². The van der Waals surface area contributed by atoms with Crippen LogP contribution in [0.2, 0.25) is 0 Å². The Hall–Kier alpha value is -0.340. The monoisotopic (exact) mass is 238 g/mol. The first-order valence-corrected chi connectivity index (χ1v) is 7.12. The highest BCUT2D eigenvalue weighted by atomic mass is 14.7. The third-order valence-electron chi connectivity index (χ3n) is 3.54. The maximum atomic E-state index is 6.28. The topological polar surface area (TPSA) is 52.0 Å². The minimum atomic E-state index is 0.266. The van der Waals surface area contributed by atoms with E-state index in [4.69, 9.17) is 11.5 Å². The molecule has 0 radical (unpaired) electrons. The van der Waals surface area contributed by atoms with Gasteiger partial charge in [0.1, 0.15) is 0 Å². The van der Waals surface area contributed by atoms with E-state index < -0.39 is 0 Å². The number of allylic oxidation sites excluding steroid dienone is 1. The average Bonchev–Trinajstić information content (AvgIpc) is 2.19. The molecule has 2 atom stereocenters. The van der Waals surface area contributed by atoms with E-state index in [1.807, 2.05) is 0 Å². The average molecular weight is 238 g/mol. The van der Waals surface area contributed by atoms with Crippen LogP contribution < -0.4 is 11.5 Å². The van der Waals surface area contributed by atoms with E-state index in [2.05, 4.69) is 27.7 Å². The highest BCUT2D eigenvalue weighted by Crippen LogP contribution is 2.31. The molecule has 17 heavy (non-hydrogen) atoms. The van der Waals surface area contributed by atoms with Crippen LogP contribution in [0.1, 0.15) is 59.8 Å². The molecule has 2 nitrogen and oxygen atoms in total. The summed E-state index contributed by atoms with van der Waals surface area (Å²) in [6.07, 6.45) is 5.55. The summed E-state index contributed by atoms with van der Waals surface area (Å²) in [6.45, 7) is 9.15. The molecule has 0 spiro atoms. The van der Waals surface area contributed by atoms with Crippen LogP contribution in [0, 0.1) is 11.8 Å². The van der Waals surface area contributed by atoms with Gasteiger partial charge >= 0.3 is 0 Å². The lowest BCUT2D eigenvalue weighted by Crippen LogP contribution is -2.36. The van der Waals surface area contributed by atoms with Crippen LogP contribution in [0.25, 0.3) is 0 Å². The van der Waals surface area contributed by atoms with Crippen molar-refractivity contribution in [3.05, 3.63) is 11.1 Å². The standard InChI is InChI=1S/C15H30N2/c1-10(2)7-12(8-11(3)4)14-9-13(16)5-6-15(14)17/h10-11,13,15H,5-9,16-17H2,1-4H3. The molecule has 2 unspecified atom stereocenters. The van der Waals surface area contributed by atoms with Gasteiger partial charge in [0.2, 0.25) is 0 Å². The van der Waals surface area contributed by atoms with Crippen LogP contribution in [-0.4, -0.2) is 12.1 Å². The van der Waals surface area contributed by atoms with Gasteiger partial charge in [-0.15, -0.1) is 0 Å². The van der Waals surface area contributed by atoms with E-state index in [-0.39, 0.29) is 6.04 Å². The van der Waals surface area contributed by atoms with Gasteiger partial charge in [-0.2, -0.15) is 0 Å². The molecule has 1 rings (SSSR count). The predicted octanol–water partition coefficient (Wildman–Crippen LogP) is 3.21. The Kier molecular flexibility index (Phi) is 5.68.